The number of hydrogen-bond acceptors (Lipinski definition) is 1. The number of urea groups is 1. The fourth-order valence-corrected chi connectivity index (χ4v) is 2.35. The normalized spacial score (nSPS) is 35.8. The van der Waals surface area contributed by atoms with Crippen LogP contribution in [0.25, 0.3) is 0 Å². The molecule has 2 aliphatic carbocycles. The number of rotatable bonds is 2. The molecule has 2 aliphatic rings. The van der Waals surface area contributed by atoms with Gasteiger partial charge in [0, 0.05) is 12.1 Å². The van der Waals surface area contributed by atoms with Gasteiger partial charge in [0.1, 0.15) is 0 Å². The molecular formula is C10H18N2O. The number of carbonyl (C=O) groups is 1. The largest absolute Gasteiger partial charge is 0.336 e. The molecule has 0 heterocycles. The third-order valence-corrected chi connectivity index (χ3v) is 3.08. The van der Waals surface area contributed by atoms with E-state index in [1.807, 2.05) is 13.8 Å². The Hall–Kier alpha value is -0.730. The number of carbonyl (C=O) groups excluding carboxylic acids is 1. The molecule has 2 fully saturated rings. The van der Waals surface area contributed by atoms with Crippen molar-refractivity contribution in [3.05, 3.63) is 0 Å². The highest BCUT2D eigenvalue weighted by Crippen LogP contribution is 2.51. The number of nitrogens with one attached hydrogen (secondary N) is 2. The van der Waals surface area contributed by atoms with Crippen molar-refractivity contribution in [3.8, 4) is 0 Å². The van der Waals surface area contributed by atoms with Crippen LogP contribution in [0.3, 0.4) is 0 Å². The molecule has 0 aromatic carbocycles. The van der Waals surface area contributed by atoms with Crippen LogP contribution in [0.4, 0.5) is 4.79 Å². The van der Waals surface area contributed by atoms with Crippen LogP contribution in [0.2, 0.25) is 0 Å². The molecule has 2 amide bonds. The van der Waals surface area contributed by atoms with Gasteiger partial charge in [-0.15, -0.1) is 0 Å². The predicted molar refractivity (Wildman–Crippen MR) is 51.4 cm³/mol. The van der Waals surface area contributed by atoms with Crippen LogP contribution in [-0.4, -0.2) is 18.1 Å². The molecule has 3 unspecified atom stereocenters. The first-order chi connectivity index (χ1) is 6.16. The van der Waals surface area contributed by atoms with Crippen LogP contribution in [0.5, 0.6) is 0 Å². The van der Waals surface area contributed by atoms with E-state index in [4.69, 9.17) is 0 Å². The molecule has 74 valence electrons. The van der Waals surface area contributed by atoms with Crippen LogP contribution in [0, 0.1) is 11.8 Å². The molecule has 0 saturated heterocycles. The summed E-state index contributed by atoms with van der Waals surface area (Å²) in [6.45, 7) is 3.96. The summed E-state index contributed by atoms with van der Waals surface area (Å²) in [5.41, 5.74) is 0. The molecule has 0 bridgehead atoms. The molecule has 2 N–H and O–H groups in total. The SMILES string of the molecule is CC(C)NC(=O)NC1CCC2CC21. The van der Waals surface area contributed by atoms with Crippen LogP contribution in [-0.2, 0) is 0 Å². The van der Waals surface area contributed by atoms with Crippen LogP contribution in [0.1, 0.15) is 33.1 Å². The van der Waals surface area contributed by atoms with Crippen molar-refractivity contribution in [2.24, 2.45) is 11.8 Å². The highest BCUT2D eigenvalue weighted by Gasteiger charge is 2.48. The number of fused-ring (bicyclic) bond motifs is 1. The summed E-state index contributed by atoms with van der Waals surface area (Å²) in [6, 6.07) is 0.702. The number of hydrogen-bond donors (Lipinski definition) is 2. The van der Waals surface area contributed by atoms with Gasteiger partial charge in [0.05, 0.1) is 0 Å². The molecule has 2 rings (SSSR count). The van der Waals surface area contributed by atoms with Crippen molar-refractivity contribution < 1.29 is 4.79 Å². The van der Waals surface area contributed by atoms with Crippen molar-refractivity contribution in [2.45, 2.75) is 45.2 Å². The van der Waals surface area contributed by atoms with Crippen molar-refractivity contribution in [1.29, 1.82) is 0 Å². The smallest absolute Gasteiger partial charge is 0.315 e. The van der Waals surface area contributed by atoms with Gasteiger partial charge in [-0.2, -0.15) is 0 Å². The lowest BCUT2D eigenvalue weighted by atomic mass is 10.2. The van der Waals surface area contributed by atoms with Gasteiger partial charge >= 0.3 is 6.03 Å². The molecule has 3 atom stereocenters. The molecule has 0 radical (unpaired) electrons. The lowest BCUT2D eigenvalue weighted by molar-refractivity contribution is 0.233. The van der Waals surface area contributed by atoms with Gasteiger partial charge in [-0.05, 0) is 44.9 Å². The Labute approximate surface area is 79.3 Å². The summed E-state index contributed by atoms with van der Waals surface area (Å²) in [5, 5.41) is 5.91. The molecule has 0 aromatic heterocycles. The first kappa shape index (κ1) is 8.85. The summed E-state index contributed by atoms with van der Waals surface area (Å²) in [7, 11) is 0. The second-order valence-corrected chi connectivity index (χ2v) is 4.62. The molecule has 3 nitrogen and oxygen atoms in total. The lowest BCUT2D eigenvalue weighted by Gasteiger charge is -2.16. The molecule has 13 heavy (non-hydrogen) atoms. The predicted octanol–water partition coefficient (Wildman–Crippen LogP) is 1.49. The summed E-state index contributed by atoms with van der Waals surface area (Å²) in [4.78, 5) is 11.4. The Balaban J connectivity index is 1.74. The van der Waals surface area contributed by atoms with Gasteiger partial charge in [0.25, 0.3) is 0 Å². The quantitative estimate of drug-likeness (QED) is 0.667. The van der Waals surface area contributed by atoms with Crippen molar-refractivity contribution in [3.63, 3.8) is 0 Å². The average Bonchev–Trinajstić information content (AvgIpc) is 2.68. The monoisotopic (exact) mass is 182 g/mol. The highest BCUT2D eigenvalue weighted by molar-refractivity contribution is 5.74. The van der Waals surface area contributed by atoms with E-state index >= 15 is 0 Å². The van der Waals surface area contributed by atoms with Gasteiger partial charge in [-0.1, -0.05) is 0 Å². The standard InChI is InChI=1S/C10H18N2O/c1-6(2)11-10(13)12-9-4-3-7-5-8(7)9/h6-9H,3-5H2,1-2H3,(H2,11,12,13). The second-order valence-electron chi connectivity index (χ2n) is 4.62. The Bertz CT molecular complexity index is 215. The van der Waals surface area contributed by atoms with Crippen molar-refractivity contribution in [1.82, 2.24) is 10.6 Å². The Morgan fingerprint density at radius 1 is 1.38 bits per heavy atom. The minimum absolute atomic E-state index is 0.00699. The van der Waals surface area contributed by atoms with Gasteiger partial charge in [-0.3, -0.25) is 0 Å². The summed E-state index contributed by atoms with van der Waals surface area (Å²) in [6.07, 6.45) is 3.84. The van der Waals surface area contributed by atoms with Crippen LogP contribution >= 0.6 is 0 Å². The number of amides is 2. The lowest BCUT2D eigenvalue weighted by Crippen LogP contribution is -2.44. The van der Waals surface area contributed by atoms with E-state index in [1.54, 1.807) is 0 Å². The molecule has 2 saturated carbocycles. The third-order valence-electron chi connectivity index (χ3n) is 3.08. The van der Waals surface area contributed by atoms with E-state index in [0.717, 1.165) is 11.8 Å². The maximum absolute atomic E-state index is 11.4. The Morgan fingerprint density at radius 3 is 2.62 bits per heavy atom. The summed E-state index contributed by atoms with van der Waals surface area (Å²) < 4.78 is 0. The van der Waals surface area contributed by atoms with Crippen LogP contribution in [0.15, 0.2) is 0 Å². The van der Waals surface area contributed by atoms with Crippen molar-refractivity contribution >= 4 is 6.03 Å². The van der Waals surface area contributed by atoms with E-state index in [9.17, 15) is 4.79 Å². The Morgan fingerprint density at radius 2 is 2.15 bits per heavy atom. The first-order valence-electron chi connectivity index (χ1n) is 5.24. The summed E-state index contributed by atoms with van der Waals surface area (Å²) >= 11 is 0. The van der Waals surface area contributed by atoms with Crippen LogP contribution < -0.4 is 10.6 Å². The molecule has 3 heteroatoms. The van der Waals surface area contributed by atoms with E-state index in [0.29, 0.717) is 6.04 Å². The molecule has 0 spiro atoms. The molecule has 0 aliphatic heterocycles. The Kier molecular flexibility index (Phi) is 2.18. The average molecular weight is 182 g/mol. The van der Waals surface area contributed by atoms with E-state index in [-0.39, 0.29) is 12.1 Å². The molecule has 0 aromatic rings. The van der Waals surface area contributed by atoms with Gasteiger partial charge in [0.2, 0.25) is 0 Å². The zero-order valence-corrected chi connectivity index (χ0v) is 8.34. The first-order valence-corrected chi connectivity index (χ1v) is 5.24. The third kappa shape index (κ3) is 1.95. The van der Waals surface area contributed by atoms with E-state index in [2.05, 4.69) is 10.6 Å². The topological polar surface area (TPSA) is 41.1 Å². The molecular weight excluding hydrogens is 164 g/mol. The summed E-state index contributed by atoms with van der Waals surface area (Å²) in [5.74, 6) is 1.74. The highest BCUT2D eigenvalue weighted by atomic mass is 16.2. The second kappa shape index (κ2) is 3.20. The van der Waals surface area contributed by atoms with Gasteiger partial charge < -0.3 is 10.6 Å². The fraction of sp³-hybridized carbons (Fsp3) is 0.900. The van der Waals surface area contributed by atoms with Gasteiger partial charge in [0.15, 0.2) is 0 Å². The van der Waals surface area contributed by atoms with E-state index in [1.165, 1.54) is 19.3 Å². The van der Waals surface area contributed by atoms with Crippen molar-refractivity contribution in [2.75, 3.05) is 0 Å². The minimum Gasteiger partial charge on any atom is -0.336 e. The maximum atomic E-state index is 11.4. The zero-order chi connectivity index (χ0) is 9.42. The fourth-order valence-electron chi connectivity index (χ4n) is 2.35. The van der Waals surface area contributed by atoms with Gasteiger partial charge in [-0.25, -0.2) is 4.79 Å². The van der Waals surface area contributed by atoms with E-state index < -0.39 is 0 Å². The maximum Gasteiger partial charge on any atom is 0.315 e. The minimum atomic E-state index is 0.00699. The zero-order valence-electron chi connectivity index (χ0n) is 8.34.